The van der Waals surface area contributed by atoms with Crippen molar-refractivity contribution in [3.8, 4) is 0 Å². The van der Waals surface area contributed by atoms with Gasteiger partial charge in [-0.05, 0) is 60.1 Å². The number of aromatic nitrogens is 4. The van der Waals surface area contributed by atoms with Crippen molar-refractivity contribution in [1.29, 1.82) is 0 Å². The van der Waals surface area contributed by atoms with E-state index >= 15 is 0 Å². The van der Waals surface area contributed by atoms with Crippen molar-refractivity contribution in [1.82, 2.24) is 19.9 Å². The van der Waals surface area contributed by atoms with Crippen LogP contribution < -0.4 is 16.0 Å². The van der Waals surface area contributed by atoms with Crippen molar-refractivity contribution in [2.24, 2.45) is 0 Å². The third-order valence-corrected chi connectivity index (χ3v) is 6.72. The molecule has 3 aromatic rings. The van der Waals surface area contributed by atoms with Crippen LogP contribution in [0.15, 0.2) is 42.7 Å². The monoisotopic (exact) mass is 605 g/mol. The first kappa shape index (κ1) is 33.5. The summed E-state index contributed by atoms with van der Waals surface area (Å²) in [6.07, 6.45) is 2.23. The second-order valence-corrected chi connectivity index (χ2v) is 9.65. The highest BCUT2D eigenvalue weighted by Gasteiger charge is 2.38. The molecule has 0 spiro atoms. The Bertz CT molecular complexity index is 1280. The number of halogens is 3. The van der Waals surface area contributed by atoms with Crippen molar-refractivity contribution in [3.05, 3.63) is 65.0 Å². The number of rotatable bonds is 12. The fourth-order valence-corrected chi connectivity index (χ4v) is 4.53. The number of nitrogens with zero attached hydrogens (tertiary/aromatic N) is 4. The lowest BCUT2D eigenvalue weighted by atomic mass is 9.97. The molecule has 14 heteroatoms. The molecule has 3 heterocycles. The van der Waals surface area contributed by atoms with Gasteiger partial charge >= 0.3 is 12.1 Å². The lowest BCUT2D eigenvalue weighted by Crippen LogP contribution is -2.31. The van der Waals surface area contributed by atoms with Crippen LogP contribution >= 0.6 is 0 Å². The van der Waals surface area contributed by atoms with E-state index in [1.165, 1.54) is 16.7 Å². The first-order chi connectivity index (χ1) is 20.6. The quantitative estimate of drug-likeness (QED) is 0.207. The standard InChI is InChI=1S/C27H37N7O2.C2HF3O2/c1-4-19-7-6-8-20(5-2)23(19)18-30-26-32-25(29-14-16-35-3)33-27(34-26)31-22-11-15-36-24(17-22)21-9-12-28-13-10-21;3-2(4,5)1(6)7/h6-10,12-13,22,24H,4-5,11,14-18H2,1-3H3,(H3,29,30,31,32,33,34);(H,6,7)/t22-,24+;/m1./s1. The number of methoxy groups -OCH3 is 1. The number of nitrogens with one attached hydrogen (secondary N) is 3. The Kier molecular flexibility index (Phi) is 12.9. The highest BCUT2D eigenvalue weighted by Crippen LogP contribution is 2.29. The predicted octanol–water partition coefficient (Wildman–Crippen LogP) is 5.03. The zero-order chi connectivity index (χ0) is 31.2. The fourth-order valence-electron chi connectivity index (χ4n) is 4.53. The molecule has 2 aromatic heterocycles. The third kappa shape index (κ3) is 10.6. The highest BCUT2D eigenvalue weighted by molar-refractivity contribution is 5.73. The van der Waals surface area contributed by atoms with Gasteiger partial charge in [-0.3, -0.25) is 4.98 Å². The lowest BCUT2D eigenvalue weighted by Gasteiger charge is -2.30. The summed E-state index contributed by atoms with van der Waals surface area (Å²) >= 11 is 0. The van der Waals surface area contributed by atoms with E-state index in [1.807, 2.05) is 12.1 Å². The van der Waals surface area contributed by atoms with Gasteiger partial charge in [-0.2, -0.15) is 28.1 Å². The molecule has 4 rings (SSSR count). The molecule has 0 radical (unpaired) electrons. The van der Waals surface area contributed by atoms with E-state index in [0.29, 0.717) is 44.1 Å². The van der Waals surface area contributed by atoms with Crippen LogP contribution in [0.2, 0.25) is 0 Å². The summed E-state index contributed by atoms with van der Waals surface area (Å²) < 4.78 is 42.9. The van der Waals surface area contributed by atoms with Gasteiger partial charge in [0.15, 0.2) is 0 Å². The first-order valence-electron chi connectivity index (χ1n) is 14.0. The molecular formula is C29H38F3N7O4. The minimum absolute atomic E-state index is 0.0241. The molecule has 1 aromatic carbocycles. The zero-order valence-corrected chi connectivity index (χ0v) is 24.4. The Morgan fingerprint density at radius 2 is 1.63 bits per heavy atom. The van der Waals surface area contributed by atoms with Gasteiger partial charge in [0.1, 0.15) is 0 Å². The second-order valence-electron chi connectivity index (χ2n) is 9.65. The van der Waals surface area contributed by atoms with Crippen LogP contribution in [0.25, 0.3) is 0 Å². The van der Waals surface area contributed by atoms with Crippen LogP contribution in [0.1, 0.15) is 55.0 Å². The summed E-state index contributed by atoms with van der Waals surface area (Å²) in [5.41, 5.74) is 5.14. The van der Waals surface area contributed by atoms with Crippen LogP contribution in [-0.4, -0.2) is 70.1 Å². The van der Waals surface area contributed by atoms with Crippen LogP contribution in [0.4, 0.5) is 31.0 Å². The highest BCUT2D eigenvalue weighted by atomic mass is 19.4. The van der Waals surface area contributed by atoms with Gasteiger partial charge in [0.2, 0.25) is 17.8 Å². The number of aryl methyl sites for hydroxylation is 2. The van der Waals surface area contributed by atoms with Crippen molar-refractivity contribution in [2.45, 2.75) is 64.4 Å². The van der Waals surface area contributed by atoms with E-state index in [1.54, 1.807) is 19.5 Å². The number of benzene rings is 1. The molecule has 0 unspecified atom stereocenters. The molecule has 43 heavy (non-hydrogen) atoms. The van der Waals surface area contributed by atoms with E-state index in [2.05, 4.69) is 62.9 Å². The fraction of sp³-hybridized carbons (Fsp3) is 0.483. The second kappa shape index (κ2) is 16.6. The average molecular weight is 606 g/mol. The number of hydrogen-bond acceptors (Lipinski definition) is 10. The predicted molar refractivity (Wildman–Crippen MR) is 156 cm³/mol. The molecule has 2 atom stereocenters. The molecule has 11 nitrogen and oxygen atoms in total. The molecule has 0 aliphatic carbocycles. The third-order valence-electron chi connectivity index (χ3n) is 6.72. The number of aliphatic carboxylic acids is 1. The summed E-state index contributed by atoms with van der Waals surface area (Å²) in [4.78, 5) is 27.0. The minimum Gasteiger partial charge on any atom is -0.475 e. The maximum absolute atomic E-state index is 10.6. The number of hydrogen-bond donors (Lipinski definition) is 4. The maximum atomic E-state index is 10.6. The Labute approximate surface area is 248 Å². The van der Waals surface area contributed by atoms with Gasteiger partial charge in [-0.25, -0.2) is 4.79 Å². The summed E-state index contributed by atoms with van der Waals surface area (Å²) in [7, 11) is 1.68. The first-order valence-corrected chi connectivity index (χ1v) is 14.0. The number of ether oxygens (including phenoxy) is 2. The molecule has 1 aliphatic heterocycles. The summed E-state index contributed by atoms with van der Waals surface area (Å²) in [5, 5.41) is 17.3. The Hall–Kier alpha value is -4.04. The van der Waals surface area contributed by atoms with Crippen LogP contribution in [0, 0.1) is 0 Å². The lowest BCUT2D eigenvalue weighted by molar-refractivity contribution is -0.192. The van der Waals surface area contributed by atoms with E-state index in [9.17, 15) is 13.2 Å². The molecule has 0 bridgehead atoms. The van der Waals surface area contributed by atoms with Crippen molar-refractivity contribution in [3.63, 3.8) is 0 Å². The van der Waals surface area contributed by atoms with Gasteiger partial charge in [-0.1, -0.05) is 32.0 Å². The van der Waals surface area contributed by atoms with E-state index in [4.69, 9.17) is 24.4 Å². The number of carboxylic acids is 1. The van der Waals surface area contributed by atoms with Gasteiger partial charge < -0.3 is 30.5 Å². The van der Waals surface area contributed by atoms with Crippen molar-refractivity contribution >= 4 is 23.8 Å². The number of carbonyl (C=O) groups is 1. The molecule has 1 saturated heterocycles. The van der Waals surface area contributed by atoms with Crippen molar-refractivity contribution < 1.29 is 32.5 Å². The van der Waals surface area contributed by atoms with Crippen LogP contribution in [0.3, 0.4) is 0 Å². The van der Waals surface area contributed by atoms with Gasteiger partial charge in [0, 0.05) is 45.2 Å². The molecule has 4 N–H and O–H groups in total. The Morgan fingerprint density at radius 3 is 2.21 bits per heavy atom. The topological polar surface area (TPSA) is 143 Å². The van der Waals surface area contributed by atoms with Gasteiger partial charge in [-0.15, -0.1) is 0 Å². The normalized spacial score (nSPS) is 16.5. The van der Waals surface area contributed by atoms with E-state index in [0.717, 1.165) is 31.2 Å². The maximum Gasteiger partial charge on any atom is 0.490 e. The number of carboxylic acid groups (broad SMARTS) is 1. The number of alkyl halides is 3. The summed E-state index contributed by atoms with van der Waals surface area (Å²) in [5.74, 6) is -1.15. The van der Waals surface area contributed by atoms with Gasteiger partial charge in [0.05, 0.1) is 12.7 Å². The van der Waals surface area contributed by atoms with Crippen LogP contribution in [-0.2, 0) is 33.7 Å². The zero-order valence-electron chi connectivity index (χ0n) is 24.4. The molecule has 234 valence electrons. The largest absolute Gasteiger partial charge is 0.490 e. The Balaban J connectivity index is 0.000000646. The van der Waals surface area contributed by atoms with Gasteiger partial charge in [0.25, 0.3) is 0 Å². The minimum atomic E-state index is -5.08. The average Bonchev–Trinajstić information content (AvgIpc) is 3.00. The molecule has 0 saturated carbocycles. The summed E-state index contributed by atoms with van der Waals surface area (Å²) in [6, 6.07) is 10.7. The van der Waals surface area contributed by atoms with Crippen LogP contribution in [0.5, 0.6) is 0 Å². The molecule has 1 fully saturated rings. The Morgan fingerprint density at radius 1 is 1.02 bits per heavy atom. The van der Waals surface area contributed by atoms with E-state index in [-0.39, 0.29) is 12.1 Å². The smallest absolute Gasteiger partial charge is 0.475 e. The van der Waals surface area contributed by atoms with Crippen molar-refractivity contribution in [2.75, 3.05) is 42.8 Å². The molecule has 0 amide bonds. The SMILES string of the molecule is CCc1cccc(CC)c1CNc1nc(NCCOC)nc(N[C@@H]2CCO[C@H](c3ccncc3)C2)n1.O=C(O)C(F)(F)F. The summed E-state index contributed by atoms with van der Waals surface area (Å²) in [6.45, 7) is 6.89. The molecule has 1 aliphatic rings. The van der Waals surface area contributed by atoms with E-state index < -0.39 is 12.1 Å². The molecular weight excluding hydrogens is 567 g/mol. The number of pyridine rings is 1. The number of anilines is 3.